The monoisotopic (exact) mass is 367 g/mol. The number of likely N-dealkylation sites (tertiary alicyclic amines) is 1. The molecule has 1 fully saturated rings. The molecule has 1 aromatic heterocycles. The summed E-state index contributed by atoms with van der Waals surface area (Å²) in [6.07, 6.45) is 3.54. The third-order valence-corrected chi connectivity index (χ3v) is 6.02. The number of Topliss-reactive ketones (excluding diaryl/α,β-unsaturated/α-hetero) is 1. The Kier molecular flexibility index (Phi) is 4.81. The summed E-state index contributed by atoms with van der Waals surface area (Å²) in [6, 6.07) is 6.00. The van der Waals surface area contributed by atoms with Gasteiger partial charge in [-0.2, -0.15) is 0 Å². The number of nitrogens with zero attached hydrogens (tertiary/aromatic N) is 3. The first-order valence-corrected chi connectivity index (χ1v) is 10.1. The second-order valence-electron chi connectivity index (χ2n) is 8.25. The lowest BCUT2D eigenvalue weighted by atomic mass is 9.94. The molecule has 5 heteroatoms. The number of aromatic nitrogens is 1. The highest BCUT2D eigenvalue weighted by Gasteiger charge is 2.29. The molecular weight excluding hydrogens is 338 g/mol. The average Bonchev–Trinajstić information content (AvgIpc) is 3.23. The number of ketones is 1. The van der Waals surface area contributed by atoms with Gasteiger partial charge >= 0.3 is 0 Å². The molecule has 1 saturated heterocycles. The van der Waals surface area contributed by atoms with Crippen LogP contribution >= 0.6 is 0 Å². The van der Waals surface area contributed by atoms with Crippen molar-refractivity contribution in [1.29, 1.82) is 0 Å². The van der Waals surface area contributed by atoms with E-state index in [-0.39, 0.29) is 11.7 Å². The Labute approximate surface area is 160 Å². The summed E-state index contributed by atoms with van der Waals surface area (Å²) in [5.41, 5.74) is 3.85. The molecule has 0 N–H and O–H groups in total. The van der Waals surface area contributed by atoms with Crippen molar-refractivity contribution in [2.45, 2.75) is 39.2 Å². The normalized spacial score (nSPS) is 19.9. The summed E-state index contributed by atoms with van der Waals surface area (Å²) in [5, 5.41) is 1.09. The number of hydrogen-bond donors (Lipinski definition) is 0. The first-order valence-electron chi connectivity index (χ1n) is 10.1. The maximum Gasteiger partial charge on any atom is 0.253 e. The predicted octanol–water partition coefficient (Wildman–Crippen LogP) is 3.20. The maximum atomic E-state index is 13.1. The van der Waals surface area contributed by atoms with E-state index in [1.54, 1.807) is 0 Å². The molecule has 0 saturated carbocycles. The fourth-order valence-corrected chi connectivity index (χ4v) is 4.87. The molecule has 5 nitrogen and oxygen atoms in total. The molecule has 2 aromatic rings. The molecule has 144 valence electrons. The van der Waals surface area contributed by atoms with Gasteiger partial charge < -0.3 is 14.4 Å². The van der Waals surface area contributed by atoms with Crippen LogP contribution < -0.4 is 0 Å². The standard InChI is InChI=1S/C22H29N3O2/c1-4-25-19-9-8-16(12-18(19)17-6-5-7-20(26)21(17)25)22(27)24-11-10-15(14-24)13-23(2)3/h8-9,12,15H,4-7,10-11,13-14H2,1-3H3. The molecule has 2 heterocycles. The minimum Gasteiger partial charge on any atom is -0.338 e. The second kappa shape index (κ2) is 7.12. The van der Waals surface area contributed by atoms with E-state index in [0.29, 0.717) is 12.3 Å². The number of aryl methyl sites for hydroxylation is 2. The van der Waals surface area contributed by atoms with Crippen molar-refractivity contribution in [2.75, 3.05) is 33.7 Å². The number of rotatable bonds is 4. The van der Waals surface area contributed by atoms with Crippen LogP contribution in [0.1, 0.15) is 52.6 Å². The lowest BCUT2D eigenvalue weighted by Crippen LogP contribution is -2.30. The predicted molar refractivity (Wildman–Crippen MR) is 107 cm³/mol. The van der Waals surface area contributed by atoms with Crippen molar-refractivity contribution >= 4 is 22.6 Å². The lowest BCUT2D eigenvalue weighted by molar-refractivity contribution is 0.0785. The van der Waals surface area contributed by atoms with Crippen molar-refractivity contribution < 1.29 is 9.59 Å². The molecule has 1 aromatic carbocycles. The summed E-state index contributed by atoms with van der Waals surface area (Å²) in [4.78, 5) is 29.7. The molecule has 27 heavy (non-hydrogen) atoms. The van der Waals surface area contributed by atoms with Crippen LogP contribution in [0.15, 0.2) is 18.2 Å². The molecule has 1 aliphatic heterocycles. The molecule has 0 spiro atoms. The minimum atomic E-state index is 0.123. The molecule has 0 bridgehead atoms. The molecule has 1 aliphatic carbocycles. The van der Waals surface area contributed by atoms with Gasteiger partial charge in [0.05, 0.1) is 5.69 Å². The number of hydrogen-bond acceptors (Lipinski definition) is 3. The summed E-state index contributed by atoms with van der Waals surface area (Å²) in [5.74, 6) is 0.922. The Morgan fingerprint density at radius 3 is 2.81 bits per heavy atom. The van der Waals surface area contributed by atoms with Crippen LogP contribution in [0.25, 0.3) is 10.9 Å². The largest absolute Gasteiger partial charge is 0.338 e. The van der Waals surface area contributed by atoms with Crippen LogP contribution in [0, 0.1) is 5.92 Å². The maximum absolute atomic E-state index is 13.1. The lowest BCUT2D eigenvalue weighted by Gasteiger charge is -2.19. The topological polar surface area (TPSA) is 45.6 Å². The highest BCUT2D eigenvalue weighted by molar-refractivity contribution is 6.06. The van der Waals surface area contributed by atoms with Crippen LogP contribution in [0.2, 0.25) is 0 Å². The number of amides is 1. The zero-order chi connectivity index (χ0) is 19.1. The Balaban J connectivity index is 1.66. The Bertz CT molecular complexity index is 897. The number of benzene rings is 1. The summed E-state index contributed by atoms with van der Waals surface area (Å²) >= 11 is 0. The van der Waals surface area contributed by atoms with Gasteiger partial charge in [-0.1, -0.05) is 0 Å². The van der Waals surface area contributed by atoms with Crippen LogP contribution in [0.4, 0.5) is 0 Å². The average molecular weight is 367 g/mol. The van der Waals surface area contributed by atoms with Gasteiger partial charge in [-0.3, -0.25) is 9.59 Å². The van der Waals surface area contributed by atoms with Crippen LogP contribution in [0.3, 0.4) is 0 Å². The number of fused-ring (bicyclic) bond motifs is 3. The van der Waals surface area contributed by atoms with Crippen molar-refractivity contribution in [2.24, 2.45) is 5.92 Å². The van der Waals surface area contributed by atoms with E-state index in [9.17, 15) is 9.59 Å². The fraction of sp³-hybridized carbons (Fsp3) is 0.545. The van der Waals surface area contributed by atoms with Gasteiger partial charge in [0.25, 0.3) is 5.91 Å². The number of carbonyl (C=O) groups is 2. The van der Waals surface area contributed by atoms with E-state index in [4.69, 9.17) is 0 Å². The van der Waals surface area contributed by atoms with Crippen LogP contribution in [-0.2, 0) is 13.0 Å². The molecule has 1 amide bonds. The zero-order valence-electron chi connectivity index (χ0n) is 16.6. The van der Waals surface area contributed by atoms with Gasteiger partial charge in [0, 0.05) is 49.1 Å². The van der Waals surface area contributed by atoms with E-state index < -0.39 is 0 Å². The molecule has 2 aliphatic rings. The van der Waals surface area contributed by atoms with Crippen molar-refractivity contribution in [1.82, 2.24) is 14.4 Å². The van der Waals surface area contributed by atoms with Gasteiger partial charge in [0.1, 0.15) is 0 Å². The van der Waals surface area contributed by atoms with Crippen molar-refractivity contribution in [3.05, 3.63) is 35.0 Å². The van der Waals surface area contributed by atoms with Gasteiger partial charge in [-0.25, -0.2) is 0 Å². The quantitative estimate of drug-likeness (QED) is 0.834. The van der Waals surface area contributed by atoms with Gasteiger partial charge in [-0.15, -0.1) is 0 Å². The van der Waals surface area contributed by atoms with Gasteiger partial charge in [-0.05, 0) is 70.0 Å². The summed E-state index contributed by atoms with van der Waals surface area (Å²) < 4.78 is 2.13. The van der Waals surface area contributed by atoms with E-state index in [1.165, 1.54) is 0 Å². The van der Waals surface area contributed by atoms with Crippen molar-refractivity contribution in [3.63, 3.8) is 0 Å². The second-order valence-corrected chi connectivity index (χ2v) is 8.25. The Morgan fingerprint density at radius 1 is 1.26 bits per heavy atom. The van der Waals surface area contributed by atoms with Gasteiger partial charge in [0.2, 0.25) is 0 Å². The molecule has 1 unspecified atom stereocenters. The van der Waals surface area contributed by atoms with E-state index in [2.05, 4.69) is 30.5 Å². The van der Waals surface area contributed by atoms with E-state index in [1.807, 2.05) is 23.1 Å². The third-order valence-electron chi connectivity index (χ3n) is 6.02. The van der Waals surface area contributed by atoms with Crippen LogP contribution in [-0.4, -0.2) is 59.8 Å². The Morgan fingerprint density at radius 2 is 2.07 bits per heavy atom. The van der Waals surface area contributed by atoms with Crippen LogP contribution in [0.5, 0.6) is 0 Å². The summed E-state index contributed by atoms with van der Waals surface area (Å²) in [6.45, 7) is 5.56. The highest BCUT2D eigenvalue weighted by Crippen LogP contribution is 2.33. The Hall–Kier alpha value is -2.14. The highest BCUT2D eigenvalue weighted by atomic mass is 16.2. The zero-order valence-corrected chi connectivity index (χ0v) is 16.6. The third kappa shape index (κ3) is 3.18. The molecule has 4 rings (SSSR count). The summed E-state index contributed by atoms with van der Waals surface area (Å²) in [7, 11) is 4.17. The molecule has 1 atom stereocenters. The van der Waals surface area contributed by atoms with Gasteiger partial charge in [0.15, 0.2) is 5.78 Å². The van der Waals surface area contributed by atoms with E-state index in [0.717, 1.165) is 73.2 Å². The first kappa shape index (κ1) is 18.2. The first-order chi connectivity index (χ1) is 13.0. The smallest absolute Gasteiger partial charge is 0.253 e. The molecule has 0 radical (unpaired) electrons. The molecular formula is C22H29N3O2. The minimum absolute atomic E-state index is 0.123. The fourth-order valence-electron chi connectivity index (χ4n) is 4.87. The van der Waals surface area contributed by atoms with E-state index >= 15 is 0 Å². The SMILES string of the molecule is CCn1c2c(c3cc(C(=O)N4CCC(CN(C)C)C4)ccc31)CCCC2=O. The van der Waals surface area contributed by atoms with Crippen molar-refractivity contribution in [3.8, 4) is 0 Å². The number of carbonyl (C=O) groups excluding carboxylic acids is 2.